The van der Waals surface area contributed by atoms with Crippen LogP contribution in [0, 0.1) is 5.92 Å². The van der Waals surface area contributed by atoms with E-state index in [1.807, 2.05) is 6.92 Å². The fourth-order valence-corrected chi connectivity index (χ4v) is 1.53. The summed E-state index contributed by atoms with van der Waals surface area (Å²) in [6.07, 6.45) is 0.396. The molecule has 5 heteroatoms. The molecule has 0 radical (unpaired) electrons. The maximum absolute atomic E-state index is 11.8. The lowest BCUT2D eigenvalue weighted by Gasteiger charge is -2.02. The number of hydrogen-bond acceptors (Lipinski definition) is 5. The summed E-state index contributed by atoms with van der Waals surface area (Å²) in [7, 11) is 1.57. The molecule has 0 aromatic carbocycles. The SMILES string of the molecule is CCOC(=O)c1oc(C(C)OC)nc1CC(C)C. The van der Waals surface area contributed by atoms with Crippen LogP contribution in [0.25, 0.3) is 0 Å². The van der Waals surface area contributed by atoms with Crippen molar-refractivity contribution in [1.29, 1.82) is 0 Å². The van der Waals surface area contributed by atoms with E-state index in [0.29, 0.717) is 30.5 Å². The first-order valence-electron chi connectivity index (χ1n) is 6.19. The number of carbonyl (C=O) groups excluding carboxylic acids is 1. The first kappa shape index (κ1) is 14.7. The molecule has 0 spiro atoms. The zero-order chi connectivity index (χ0) is 13.7. The third-order valence-corrected chi connectivity index (χ3v) is 2.48. The predicted molar refractivity (Wildman–Crippen MR) is 66.4 cm³/mol. The van der Waals surface area contributed by atoms with E-state index in [0.717, 1.165) is 0 Å². The van der Waals surface area contributed by atoms with Crippen LogP contribution in [-0.4, -0.2) is 24.7 Å². The monoisotopic (exact) mass is 255 g/mol. The molecule has 1 heterocycles. The van der Waals surface area contributed by atoms with Crippen molar-refractivity contribution in [2.24, 2.45) is 5.92 Å². The molecule has 0 aliphatic rings. The summed E-state index contributed by atoms with van der Waals surface area (Å²) in [5.41, 5.74) is 0.641. The van der Waals surface area contributed by atoms with E-state index >= 15 is 0 Å². The lowest BCUT2D eigenvalue weighted by atomic mass is 10.1. The van der Waals surface area contributed by atoms with Gasteiger partial charge in [-0.3, -0.25) is 0 Å². The van der Waals surface area contributed by atoms with Crippen molar-refractivity contribution in [3.63, 3.8) is 0 Å². The van der Waals surface area contributed by atoms with E-state index in [1.54, 1.807) is 14.0 Å². The number of hydrogen-bond donors (Lipinski definition) is 0. The van der Waals surface area contributed by atoms with E-state index in [2.05, 4.69) is 18.8 Å². The Labute approximate surface area is 107 Å². The second-order valence-electron chi connectivity index (χ2n) is 4.52. The molecule has 102 valence electrons. The molecule has 18 heavy (non-hydrogen) atoms. The fraction of sp³-hybridized carbons (Fsp3) is 0.692. The summed E-state index contributed by atoms with van der Waals surface area (Å²) in [4.78, 5) is 16.1. The molecule has 0 aliphatic carbocycles. The normalized spacial score (nSPS) is 12.8. The minimum absolute atomic E-state index is 0.199. The first-order chi connectivity index (χ1) is 8.49. The van der Waals surface area contributed by atoms with Gasteiger partial charge in [-0.05, 0) is 26.2 Å². The summed E-state index contributed by atoms with van der Waals surface area (Å²) >= 11 is 0. The minimum atomic E-state index is -0.463. The van der Waals surface area contributed by atoms with E-state index in [4.69, 9.17) is 13.9 Å². The number of nitrogens with zero attached hydrogens (tertiary/aromatic N) is 1. The largest absolute Gasteiger partial charge is 0.460 e. The average molecular weight is 255 g/mol. The molecule has 5 nitrogen and oxygen atoms in total. The molecule has 0 bridgehead atoms. The number of carbonyl (C=O) groups is 1. The molecule has 1 aromatic rings. The van der Waals surface area contributed by atoms with Crippen molar-refractivity contribution in [3.8, 4) is 0 Å². The molecule has 0 saturated carbocycles. The zero-order valence-corrected chi connectivity index (χ0v) is 11.6. The van der Waals surface area contributed by atoms with E-state index < -0.39 is 5.97 Å². The van der Waals surface area contributed by atoms with Gasteiger partial charge in [0.15, 0.2) is 0 Å². The number of ether oxygens (including phenoxy) is 2. The van der Waals surface area contributed by atoms with Gasteiger partial charge in [-0.25, -0.2) is 9.78 Å². The molecule has 1 rings (SSSR count). The van der Waals surface area contributed by atoms with Crippen LogP contribution in [0.5, 0.6) is 0 Å². The third-order valence-electron chi connectivity index (χ3n) is 2.48. The third kappa shape index (κ3) is 3.57. The van der Waals surface area contributed by atoms with Gasteiger partial charge in [-0.1, -0.05) is 13.8 Å². The quantitative estimate of drug-likeness (QED) is 0.731. The summed E-state index contributed by atoms with van der Waals surface area (Å²) in [5, 5.41) is 0. The van der Waals surface area contributed by atoms with Crippen molar-refractivity contribution in [1.82, 2.24) is 4.98 Å². The van der Waals surface area contributed by atoms with Crippen molar-refractivity contribution < 1.29 is 18.7 Å². The minimum Gasteiger partial charge on any atom is -0.460 e. The Balaban J connectivity index is 3.04. The van der Waals surface area contributed by atoms with Gasteiger partial charge in [0.05, 0.1) is 12.3 Å². The Bertz CT molecular complexity index is 398. The highest BCUT2D eigenvalue weighted by Crippen LogP contribution is 2.22. The maximum atomic E-state index is 11.8. The van der Waals surface area contributed by atoms with Crippen LogP contribution in [0.1, 0.15) is 55.9 Å². The summed E-state index contributed by atoms with van der Waals surface area (Å²) in [6.45, 7) is 8.01. The second kappa shape index (κ2) is 6.54. The summed E-state index contributed by atoms with van der Waals surface area (Å²) in [5.74, 6) is 0.532. The van der Waals surface area contributed by atoms with Gasteiger partial charge >= 0.3 is 5.97 Å². The van der Waals surface area contributed by atoms with Crippen LogP contribution in [-0.2, 0) is 15.9 Å². The van der Waals surface area contributed by atoms with Crippen LogP contribution in [0.4, 0.5) is 0 Å². The van der Waals surface area contributed by atoms with Crippen molar-refractivity contribution in [2.45, 2.75) is 40.2 Å². The molecule has 0 N–H and O–H groups in total. The van der Waals surface area contributed by atoms with Crippen molar-refractivity contribution in [2.75, 3.05) is 13.7 Å². The van der Waals surface area contributed by atoms with Gasteiger partial charge < -0.3 is 13.9 Å². The molecule has 1 unspecified atom stereocenters. The Hall–Kier alpha value is -1.36. The van der Waals surface area contributed by atoms with Crippen molar-refractivity contribution >= 4 is 5.97 Å². The van der Waals surface area contributed by atoms with Crippen LogP contribution in [0.15, 0.2) is 4.42 Å². The highest BCUT2D eigenvalue weighted by atomic mass is 16.5. The van der Waals surface area contributed by atoms with Gasteiger partial charge in [0, 0.05) is 7.11 Å². The molecule has 0 amide bonds. The lowest BCUT2D eigenvalue weighted by molar-refractivity contribution is 0.0471. The number of esters is 1. The molecular formula is C13H21NO4. The van der Waals surface area contributed by atoms with Crippen LogP contribution >= 0.6 is 0 Å². The van der Waals surface area contributed by atoms with Gasteiger partial charge in [-0.15, -0.1) is 0 Å². The molecule has 0 aliphatic heterocycles. The predicted octanol–water partition coefficient (Wildman–Crippen LogP) is 2.76. The maximum Gasteiger partial charge on any atom is 0.376 e. The smallest absolute Gasteiger partial charge is 0.376 e. The Kier molecular flexibility index (Phi) is 5.34. The Morgan fingerprint density at radius 2 is 2.06 bits per heavy atom. The zero-order valence-electron chi connectivity index (χ0n) is 11.6. The highest BCUT2D eigenvalue weighted by Gasteiger charge is 2.24. The van der Waals surface area contributed by atoms with E-state index in [-0.39, 0.29) is 11.9 Å². The molecule has 1 aromatic heterocycles. The standard InChI is InChI=1S/C13H21NO4/c1-6-17-13(15)11-10(7-8(2)3)14-12(18-11)9(4)16-5/h8-9H,6-7H2,1-5H3. The molecule has 1 atom stereocenters. The molecule has 0 fully saturated rings. The second-order valence-corrected chi connectivity index (χ2v) is 4.52. The number of oxazole rings is 1. The summed E-state index contributed by atoms with van der Waals surface area (Å²) < 4.78 is 15.6. The average Bonchev–Trinajstić information content (AvgIpc) is 2.71. The Morgan fingerprint density at radius 3 is 2.56 bits per heavy atom. The fourth-order valence-electron chi connectivity index (χ4n) is 1.53. The number of methoxy groups -OCH3 is 1. The van der Waals surface area contributed by atoms with Crippen molar-refractivity contribution in [3.05, 3.63) is 17.3 Å². The highest BCUT2D eigenvalue weighted by molar-refractivity contribution is 5.87. The van der Waals surface area contributed by atoms with Gasteiger partial charge in [0.25, 0.3) is 0 Å². The summed E-state index contributed by atoms with van der Waals surface area (Å²) in [6, 6.07) is 0. The van der Waals surface area contributed by atoms with Gasteiger partial charge in [0.1, 0.15) is 6.10 Å². The van der Waals surface area contributed by atoms with Crippen LogP contribution in [0.2, 0.25) is 0 Å². The van der Waals surface area contributed by atoms with Gasteiger partial charge in [0.2, 0.25) is 11.7 Å². The van der Waals surface area contributed by atoms with Crippen LogP contribution in [0.3, 0.4) is 0 Å². The number of rotatable bonds is 6. The van der Waals surface area contributed by atoms with E-state index in [9.17, 15) is 4.79 Å². The van der Waals surface area contributed by atoms with Crippen LogP contribution < -0.4 is 0 Å². The van der Waals surface area contributed by atoms with Gasteiger partial charge in [-0.2, -0.15) is 0 Å². The number of aromatic nitrogens is 1. The molecule has 0 saturated heterocycles. The molecular weight excluding hydrogens is 234 g/mol. The first-order valence-corrected chi connectivity index (χ1v) is 6.19. The Morgan fingerprint density at radius 1 is 1.39 bits per heavy atom. The lowest BCUT2D eigenvalue weighted by Crippen LogP contribution is -2.08. The van der Waals surface area contributed by atoms with E-state index in [1.165, 1.54) is 0 Å². The topological polar surface area (TPSA) is 61.6 Å².